The molecule has 1 aliphatic heterocycles. The van der Waals surface area contributed by atoms with Crippen molar-refractivity contribution in [2.45, 2.75) is 64.5 Å². The van der Waals surface area contributed by atoms with Crippen molar-refractivity contribution in [3.8, 4) is 0 Å². The summed E-state index contributed by atoms with van der Waals surface area (Å²) < 4.78 is 15.2. The minimum absolute atomic E-state index is 0.257. The molecule has 2 aliphatic rings. The Labute approximate surface area is 181 Å². The first kappa shape index (κ1) is 21.3. The third-order valence-corrected chi connectivity index (χ3v) is 6.63. The number of aromatic nitrogens is 1. The average molecular weight is 426 g/mol. The number of ketones is 1. The van der Waals surface area contributed by atoms with Gasteiger partial charge < -0.3 is 9.88 Å². The van der Waals surface area contributed by atoms with Gasteiger partial charge in [-0.2, -0.15) is 0 Å². The van der Waals surface area contributed by atoms with Crippen LogP contribution in [-0.2, 0) is 11.3 Å². The fourth-order valence-corrected chi connectivity index (χ4v) is 4.82. The van der Waals surface area contributed by atoms with Crippen molar-refractivity contribution in [1.82, 2.24) is 14.8 Å². The Hall–Kier alpha value is -2.96. The van der Waals surface area contributed by atoms with E-state index in [0.29, 0.717) is 24.9 Å². The summed E-state index contributed by atoms with van der Waals surface area (Å²) in [7, 11) is 0. The Morgan fingerprint density at radius 3 is 2.35 bits per heavy atom. The van der Waals surface area contributed by atoms with Gasteiger partial charge in [-0.05, 0) is 50.5 Å². The van der Waals surface area contributed by atoms with E-state index < -0.39 is 11.6 Å². The van der Waals surface area contributed by atoms with Crippen LogP contribution in [0.15, 0.2) is 30.3 Å². The summed E-state index contributed by atoms with van der Waals surface area (Å²) in [4.78, 5) is 39.8. The Balaban J connectivity index is 1.52. The number of aryl methyl sites for hydroxylation is 1. The summed E-state index contributed by atoms with van der Waals surface area (Å²) in [5.41, 5.74) is 2.24. The van der Waals surface area contributed by atoms with Gasteiger partial charge in [0.05, 0.1) is 6.54 Å². The minimum Gasteiger partial charge on any atom is -0.344 e. The van der Waals surface area contributed by atoms with Crippen LogP contribution in [0.4, 0.5) is 9.18 Å². The lowest BCUT2D eigenvalue weighted by atomic mass is 9.90. The summed E-state index contributed by atoms with van der Waals surface area (Å²) in [6.45, 7) is 4.01. The number of urea groups is 1. The van der Waals surface area contributed by atoms with Crippen LogP contribution in [0.5, 0.6) is 0 Å². The number of imide groups is 1. The first-order chi connectivity index (χ1) is 14.8. The van der Waals surface area contributed by atoms with Crippen LogP contribution in [0.1, 0.15) is 65.8 Å². The van der Waals surface area contributed by atoms with Crippen molar-refractivity contribution in [3.05, 3.63) is 58.7 Å². The molecule has 0 bridgehead atoms. The second kappa shape index (κ2) is 8.29. The van der Waals surface area contributed by atoms with Crippen LogP contribution >= 0.6 is 0 Å². The van der Waals surface area contributed by atoms with Gasteiger partial charge in [-0.15, -0.1) is 0 Å². The fraction of sp³-hybridized carbons (Fsp3) is 0.458. The van der Waals surface area contributed by atoms with E-state index in [1.165, 1.54) is 12.1 Å². The molecular formula is C24H28FN3O3. The van der Waals surface area contributed by atoms with Crippen molar-refractivity contribution in [2.75, 3.05) is 6.54 Å². The number of amides is 3. The van der Waals surface area contributed by atoms with Crippen molar-refractivity contribution in [2.24, 2.45) is 0 Å². The van der Waals surface area contributed by atoms with Gasteiger partial charge in [0.25, 0.3) is 5.91 Å². The van der Waals surface area contributed by atoms with E-state index in [9.17, 15) is 18.8 Å². The minimum atomic E-state index is -0.840. The van der Waals surface area contributed by atoms with E-state index in [1.807, 2.05) is 18.4 Å². The van der Waals surface area contributed by atoms with Gasteiger partial charge in [-0.25, -0.2) is 9.18 Å². The van der Waals surface area contributed by atoms with Crippen LogP contribution in [-0.4, -0.2) is 39.3 Å². The molecule has 0 atom stereocenters. The molecule has 1 aromatic heterocycles. The van der Waals surface area contributed by atoms with Crippen LogP contribution < -0.4 is 5.32 Å². The third kappa shape index (κ3) is 4.01. The van der Waals surface area contributed by atoms with E-state index in [4.69, 9.17) is 0 Å². The van der Waals surface area contributed by atoms with Crippen molar-refractivity contribution in [1.29, 1.82) is 0 Å². The molecule has 1 saturated heterocycles. The average Bonchev–Trinajstić information content (AvgIpc) is 3.02. The molecule has 1 aliphatic carbocycles. The van der Waals surface area contributed by atoms with E-state index in [0.717, 1.165) is 47.5 Å². The van der Waals surface area contributed by atoms with Crippen LogP contribution in [0.3, 0.4) is 0 Å². The number of benzene rings is 1. The first-order valence-corrected chi connectivity index (χ1v) is 10.9. The smallest absolute Gasteiger partial charge is 0.325 e. The molecule has 1 spiro atoms. The quantitative estimate of drug-likeness (QED) is 0.579. The zero-order valence-corrected chi connectivity index (χ0v) is 18.0. The standard InChI is InChI=1S/C24H28FN3O3/c1-16-13-20(17(2)27(16)14-18-7-9-19(25)10-8-18)21(29)15-28-22(30)24(26-23(28)31)11-5-3-4-6-12-24/h7-10,13H,3-6,11-12,14-15H2,1-2H3,(H,26,31). The molecule has 7 heteroatoms. The number of hydrogen-bond acceptors (Lipinski definition) is 3. The molecule has 0 radical (unpaired) electrons. The predicted molar refractivity (Wildman–Crippen MR) is 114 cm³/mol. The van der Waals surface area contributed by atoms with Crippen LogP contribution in [0, 0.1) is 19.7 Å². The maximum absolute atomic E-state index is 13.2. The third-order valence-electron chi connectivity index (χ3n) is 6.63. The van der Waals surface area contributed by atoms with Crippen LogP contribution in [0.2, 0.25) is 0 Å². The zero-order chi connectivity index (χ0) is 22.2. The SMILES string of the molecule is Cc1cc(C(=O)CN2C(=O)NC3(CCCCCC3)C2=O)c(C)n1Cc1ccc(F)cc1. The maximum Gasteiger partial charge on any atom is 0.325 e. The van der Waals surface area contributed by atoms with E-state index >= 15 is 0 Å². The molecule has 0 unspecified atom stereocenters. The summed E-state index contributed by atoms with van der Waals surface area (Å²) >= 11 is 0. The molecular weight excluding hydrogens is 397 g/mol. The highest BCUT2D eigenvalue weighted by Crippen LogP contribution is 2.33. The molecule has 164 valence electrons. The number of rotatable bonds is 5. The molecule has 1 saturated carbocycles. The summed E-state index contributed by atoms with van der Waals surface area (Å²) in [5.74, 6) is -0.818. The van der Waals surface area contributed by atoms with Gasteiger partial charge in [0, 0.05) is 23.5 Å². The van der Waals surface area contributed by atoms with Gasteiger partial charge in [-0.1, -0.05) is 37.8 Å². The Morgan fingerprint density at radius 2 is 1.71 bits per heavy atom. The van der Waals surface area contributed by atoms with Gasteiger partial charge in [-0.3, -0.25) is 14.5 Å². The normalized spacial score (nSPS) is 18.4. The topological polar surface area (TPSA) is 71.4 Å². The Morgan fingerprint density at radius 1 is 1.06 bits per heavy atom. The zero-order valence-electron chi connectivity index (χ0n) is 18.0. The number of carbonyl (C=O) groups is 3. The Kier molecular flexibility index (Phi) is 5.69. The second-order valence-corrected chi connectivity index (χ2v) is 8.74. The molecule has 1 N–H and O–H groups in total. The van der Waals surface area contributed by atoms with E-state index in [1.54, 1.807) is 18.2 Å². The largest absolute Gasteiger partial charge is 0.344 e. The van der Waals surface area contributed by atoms with Gasteiger partial charge >= 0.3 is 6.03 Å². The lowest BCUT2D eigenvalue weighted by molar-refractivity contribution is -0.131. The number of halogens is 1. The molecule has 2 heterocycles. The van der Waals surface area contributed by atoms with Crippen LogP contribution in [0.25, 0.3) is 0 Å². The van der Waals surface area contributed by atoms with Gasteiger partial charge in [0.2, 0.25) is 0 Å². The summed E-state index contributed by atoms with van der Waals surface area (Å²) in [6.07, 6.45) is 5.19. The number of hydrogen-bond donors (Lipinski definition) is 1. The van der Waals surface area contributed by atoms with Gasteiger partial charge in [0.15, 0.2) is 5.78 Å². The highest BCUT2D eigenvalue weighted by Gasteiger charge is 2.51. The lowest BCUT2D eigenvalue weighted by Crippen LogP contribution is -2.46. The molecule has 6 nitrogen and oxygen atoms in total. The summed E-state index contributed by atoms with van der Waals surface area (Å²) in [6, 6.07) is 7.58. The highest BCUT2D eigenvalue weighted by molar-refractivity contribution is 6.11. The van der Waals surface area contributed by atoms with Crippen molar-refractivity contribution < 1.29 is 18.8 Å². The molecule has 1 aromatic carbocycles. The Bertz CT molecular complexity index is 1020. The fourth-order valence-electron chi connectivity index (χ4n) is 4.82. The molecule has 3 amide bonds. The number of Topliss-reactive ketones (excluding diaryl/α,β-unsaturated/α-hetero) is 1. The molecule has 4 rings (SSSR count). The highest BCUT2D eigenvalue weighted by atomic mass is 19.1. The van der Waals surface area contributed by atoms with Crippen molar-refractivity contribution in [3.63, 3.8) is 0 Å². The van der Waals surface area contributed by atoms with E-state index in [2.05, 4.69) is 5.32 Å². The second-order valence-electron chi connectivity index (χ2n) is 8.74. The number of carbonyl (C=O) groups excluding carboxylic acids is 3. The van der Waals surface area contributed by atoms with Gasteiger partial charge in [0.1, 0.15) is 11.4 Å². The monoisotopic (exact) mass is 425 g/mol. The first-order valence-electron chi connectivity index (χ1n) is 10.9. The summed E-state index contributed by atoms with van der Waals surface area (Å²) in [5, 5.41) is 2.88. The number of nitrogens with one attached hydrogen (secondary N) is 1. The molecule has 2 aromatic rings. The lowest BCUT2D eigenvalue weighted by Gasteiger charge is -2.24. The predicted octanol–water partition coefficient (Wildman–Crippen LogP) is 4.12. The molecule has 31 heavy (non-hydrogen) atoms. The molecule has 2 fully saturated rings. The van der Waals surface area contributed by atoms with Crippen molar-refractivity contribution >= 4 is 17.7 Å². The number of nitrogens with zero attached hydrogens (tertiary/aromatic N) is 2. The van der Waals surface area contributed by atoms with E-state index in [-0.39, 0.29) is 24.1 Å². The maximum atomic E-state index is 13.2.